The first-order chi connectivity index (χ1) is 13.5. The van der Waals surface area contributed by atoms with Crippen molar-refractivity contribution in [2.24, 2.45) is 0 Å². The van der Waals surface area contributed by atoms with Crippen molar-refractivity contribution in [3.8, 4) is 0 Å². The van der Waals surface area contributed by atoms with Crippen LogP contribution < -0.4 is 21.3 Å². The van der Waals surface area contributed by atoms with E-state index < -0.39 is 18.0 Å². The number of amides is 4. The monoisotopic (exact) mass is 383 g/mol. The topological polar surface area (TPSA) is 104 Å². The lowest BCUT2D eigenvalue weighted by Gasteiger charge is -2.16. The van der Waals surface area contributed by atoms with E-state index in [4.69, 9.17) is 0 Å². The minimum Gasteiger partial charge on any atom is -0.338 e. The fourth-order valence-corrected chi connectivity index (χ4v) is 2.83. The Kier molecular flexibility index (Phi) is 8.17. The van der Waals surface area contributed by atoms with Gasteiger partial charge in [-0.05, 0) is 25.0 Å². The van der Waals surface area contributed by atoms with Crippen molar-refractivity contribution in [3.63, 3.8) is 0 Å². The van der Waals surface area contributed by atoms with Crippen LogP contribution in [0.4, 0.5) is 10.5 Å². The van der Waals surface area contributed by atoms with Gasteiger partial charge in [-0.15, -0.1) is 0 Å². The maximum atomic E-state index is 12.6. The van der Waals surface area contributed by atoms with Crippen molar-refractivity contribution in [3.05, 3.63) is 65.7 Å². The molecule has 0 spiro atoms. The molecule has 5 N–H and O–H groups in total. The van der Waals surface area contributed by atoms with Crippen LogP contribution in [-0.4, -0.2) is 30.9 Å². The van der Waals surface area contributed by atoms with Gasteiger partial charge in [-0.1, -0.05) is 55.5 Å². The molecule has 7 nitrogen and oxygen atoms in total. The molecule has 0 unspecified atom stereocenters. The van der Waals surface area contributed by atoms with Crippen LogP contribution >= 0.6 is 0 Å². The minimum atomic E-state index is -0.712. The molecule has 0 bridgehead atoms. The number of benzene rings is 2. The Balaban J connectivity index is 2.05. The largest absolute Gasteiger partial charge is 0.338 e. The van der Waals surface area contributed by atoms with Crippen molar-refractivity contribution >= 4 is 23.5 Å². The highest BCUT2D eigenvalue weighted by Crippen LogP contribution is 2.15. The van der Waals surface area contributed by atoms with E-state index in [0.717, 1.165) is 17.7 Å². The SMILES string of the molecule is CCNC(=O)NC(=O)[C@@H]([NH2+]CC(=O)Nc1ccccc1CC)c1ccccc1. The molecule has 28 heavy (non-hydrogen) atoms. The zero-order valence-electron chi connectivity index (χ0n) is 16.2. The first-order valence-corrected chi connectivity index (χ1v) is 9.39. The molecule has 0 heterocycles. The van der Waals surface area contributed by atoms with Gasteiger partial charge in [0.25, 0.3) is 11.8 Å². The van der Waals surface area contributed by atoms with Gasteiger partial charge < -0.3 is 16.0 Å². The Bertz CT molecular complexity index is 808. The lowest BCUT2D eigenvalue weighted by Crippen LogP contribution is -2.89. The summed E-state index contributed by atoms with van der Waals surface area (Å²) >= 11 is 0. The average molecular weight is 383 g/mol. The summed E-state index contributed by atoms with van der Waals surface area (Å²) in [6.07, 6.45) is 0.807. The van der Waals surface area contributed by atoms with Crippen molar-refractivity contribution in [2.45, 2.75) is 26.3 Å². The zero-order chi connectivity index (χ0) is 20.4. The molecule has 148 valence electrons. The third kappa shape index (κ3) is 6.21. The summed E-state index contributed by atoms with van der Waals surface area (Å²) in [5.41, 5.74) is 2.53. The highest BCUT2D eigenvalue weighted by Gasteiger charge is 2.26. The first kappa shape index (κ1) is 21.1. The number of rotatable bonds is 8. The van der Waals surface area contributed by atoms with Crippen LogP contribution in [0.1, 0.15) is 31.0 Å². The molecule has 2 aromatic carbocycles. The molecule has 0 aliphatic heterocycles. The molecular weight excluding hydrogens is 356 g/mol. The number of urea groups is 1. The summed E-state index contributed by atoms with van der Waals surface area (Å²) in [6, 6.07) is 15.4. The summed E-state index contributed by atoms with van der Waals surface area (Å²) < 4.78 is 0. The van der Waals surface area contributed by atoms with Gasteiger partial charge in [-0.25, -0.2) is 4.79 Å². The molecule has 1 atom stereocenters. The fourth-order valence-electron chi connectivity index (χ4n) is 2.83. The quantitative estimate of drug-likeness (QED) is 0.553. The van der Waals surface area contributed by atoms with Gasteiger partial charge in [-0.2, -0.15) is 0 Å². The van der Waals surface area contributed by atoms with Gasteiger partial charge in [0.05, 0.1) is 0 Å². The van der Waals surface area contributed by atoms with Crippen molar-refractivity contribution in [1.82, 2.24) is 10.6 Å². The van der Waals surface area contributed by atoms with E-state index in [9.17, 15) is 14.4 Å². The number of anilines is 1. The Labute approximate surface area is 164 Å². The molecule has 0 saturated carbocycles. The summed E-state index contributed by atoms with van der Waals surface area (Å²) in [4.78, 5) is 36.7. The van der Waals surface area contributed by atoms with Crippen molar-refractivity contribution < 1.29 is 19.7 Å². The molecule has 7 heteroatoms. The fraction of sp³-hybridized carbons (Fsp3) is 0.286. The average Bonchev–Trinajstić information content (AvgIpc) is 2.69. The van der Waals surface area contributed by atoms with Crippen LogP contribution in [0.2, 0.25) is 0 Å². The molecule has 2 rings (SSSR count). The number of carbonyl (C=O) groups is 3. The summed E-state index contributed by atoms with van der Waals surface area (Å²) in [5, 5.41) is 9.35. The normalized spacial score (nSPS) is 11.4. The molecule has 0 aliphatic carbocycles. The van der Waals surface area contributed by atoms with E-state index in [2.05, 4.69) is 16.0 Å². The lowest BCUT2D eigenvalue weighted by atomic mass is 10.1. The van der Waals surface area contributed by atoms with Crippen LogP contribution in [0, 0.1) is 0 Å². The second-order valence-electron chi connectivity index (χ2n) is 6.24. The molecule has 2 aromatic rings. The summed E-state index contributed by atoms with van der Waals surface area (Å²) in [6.45, 7) is 4.25. The van der Waals surface area contributed by atoms with Gasteiger partial charge in [0.15, 0.2) is 12.6 Å². The number of carbonyl (C=O) groups excluding carboxylic acids is 3. The van der Waals surface area contributed by atoms with E-state index in [0.29, 0.717) is 12.1 Å². The number of hydrogen-bond donors (Lipinski definition) is 4. The Morgan fingerprint density at radius 2 is 1.64 bits per heavy atom. The molecule has 0 aliphatic rings. The minimum absolute atomic E-state index is 0.0421. The van der Waals surface area contributed by atoms with Crippen LogP contribution in [0.5, 0.6) is 0 Å². The number of para-hydroxylation sites is 1. The smallest absolute Gasteiger partial charge is 0.321 e. The first-order valence-electron chi connectivity index (χ1n) is 9.39. The number of nitrogens with one attached hydrogen (secondary N) is 3. The van der Waals surface area contributed by atoms with Crippen LogP contribution in [-0.2, 0) is 16.0 Å². The van der Waals surface area contributed by atoms with E-state index in [-0.39, 0.29) is 12.5 Å². The van der Waals surface area contributed by atoms with E-state index in [1.54, 1.807) is 24.4 Å². The standard InChI is InChI=1S/C21H26N4O3/c1-3-15-10-8-9-13-17(15)24-18(26)14-23-19(16-11-6-5-7-12-16)20(27)25-21(28)22-4-2/h5-13,19,23H,3-4,14H2,1-2H3,(H,24,26)(H2,22,25,27,28)/p+1/t19-/m0/s1. The third-order valence-corrected chi connectivity index (χ3v) is 4.23. The van der Waals surface area contributed by atoms with Gasteiger partial charge in [-0.3, -0.25) is 14.9 Å². The van der Waals surface area contributed by atoms with Crippen molar-refractivity contribution in [1.29, 1.82) is 0 Å². The summed E-state index contributed by atoms with van der Waals surface area (Å²) in [7, 11) is 0. The second kappa shape index (κ2) is 10.8. The van der Waals surface area contributed by atoms with Gasteiger partial charge in [0, 0.05) is 17.8 Å². The Hall–Kier alpha value is -3.19. The Morgan fingerprint density at radius 3 is 2.32 bits per heavy atom. The molecule has 0 fully saturated rings. The molecular formula is C21H27N4O3+. The third-order valence-electron chi connectivity index (χ3n) is 4.23. The second-order valence-corrected chi connectivity index (χ2v) is 6.24. The van der Waals surface area contributed by atoms with Crippen LogP contribution in [0.15, 0.2) is 54.6 Å². The summed E-state index contributed by atoms with van der Waals surface area (Å²) in [5.74, 6) is -0.688. The Morgan fingerprint density at radius 1 is 0.964 bits per heavy atom. The predicted octanol–water partition coefficient (Wildman–Crippen LogP) is 1.34. The van der Waals surface area contributed by atoms with Crippen molar-refractivity contribution in [2.75, 3.05) is 18.4 Å². The highest BCUT2D eigenvalue weighted by atomic mass is 16.2. The van der Waals surface area contributed by atoms with Crippen LogP contribution in [0.3, 0.4) is 0 Å². The number of nitrogens with two attached hydrogens (primary N) is 1. The molecule has 0 saturated heterocycles. The van der Waals surface area contributed by atoms with Gasteiger partial charge in [0.2, 0.25) is 0 Å². The van der Waals surface area contributed by atoms with E-state index in [1.807, 2.05) is 49.4 Å². The van der Waals surface area contributed by atoms with E-state index in [1.165, 1.54) is 0 Å². The number of quaternary nitrogens is 1. The molecule has 0 aromatic heterocycles. The number of hydrogen-bond acceptors (Lipinski definition) is 3. The van der Waals surface area contributed by atoms with Gasteiger partial charge >= 0.3 is 6.03 Å². The highest BCUT2D eigenvalue weighted by molar-refractivity contribution is 5.97. The maximum Gasteiger partial charge on any atom is 0.321 e. The number of aryl methyl sites for hydroxylation is 1. The predicted molar refractivity (Wildman–Crippen MR) is 108 cm³/mol. The van der Waals surface area contributed by atoms with Gasteiger partial charge in [0.1, 0.15) is 0 Å². The van der Waals surface area contributed by atoms with Crippen LogP contribution in [0.25, 0.3) is 0 Å². The maximum absolute atomic E-state index is 12.6. The molecule has 4 amide bonds. The molecule has 0 radical (unpaired) electrons. The lowest BCUT2D eigenvalue weighted by molar-refractivity contribution is -0.672. The zero-order valence-corrected chi connectivity index (χ0v) is 16.2. The van der Waals surface area contributed by atoms with E-state index >= 15 is 0 Å². The number of imide groups is 1.